The first-order valence-corrected chi connectivity index (χ1v) is 4.32. The molecule has 0 bridgehead atoms. The summed E-state index contributed by atoms with van der Waals surface area (Å²) in [6.45, 7) is 0. The van der Waals surface area contributed by atoms with Gasteiger partial charge in [0.1, 0.15) is 6.04 Å². The third-order valence-electron chi connectivity index (χ3n) is 1.85. The van der Waals surface area contributed by atoms with Crippen LogP contribution in [0.25, 0.3) is 0 Å². The largest absolute Gasteiger partial charge is 0.480 e. The van der Waals surface area contributed by atoms with Crippen LogP contribution in [0.3, 0.4) is 0 Å². The number of hydrogen-bond donors (Lipinski definition) is 2. The van der Waals surface area contributed by atoms with Crippen molar-refractivity contribution in [2.75, 3.05) is 0 Å². The van der Waals surface area contributed by atoms with Crippen LogP contribution in [-0.4, -0.2) is 41.6 Å². The second-order valence-electron chi connectivity index (χ2n) is 3.35. The average molecular weight is 321 g/mol. The summed E-state index contributed by atoms with van der Waals surface area (Å²) < 4.78 is 108. The van der Waals surface area contributed by atoms with E-state index in [0.29, 0.717) is 0 Å². The lowest BCUT2D eigenvalue weighted by Gasteiger charge is -2.28. The third kappa shape index (κ3) is 4.77. The second kappa shape index (κ2) is 5.36. The maximum Gasteiger partial charge on any atom is 0.471 e. The molecule has 0 unspecified atom stereocenters. The van der Waals surface area contributed by atoms with Crippen LogP contribution in [0.5, 0.6) is 0 Å². The summed E-state index contributed by atoms with van der Waals surface area (Å²) in [6, 6.07) is -3.86. The Balaban J connectivity index is 5.55. The number of carbonyl (C=O) groups is 2. The van der Waals surface area contributed by atoms with Crippen LogP contribution in [0.15, 0.2) is 0 Å². The molecule has 0 aliphatic rings. The van der Waals surface area contributed by atoms with Gasteiger partial charge in [0.2, 0.25) is 0 Å². The number of halogens is 9. The van der Waals surface area contributed by atoms with E-state index in [1.807, 2.05) is 0 Å². The highest BCUT2D eigenvalue weighted by Gasteiger charge is 2.63. The van der Waals surface area contributed by atoms with Crippen LogP contribution in [0.4, 0.5) is 39.5 Å². The zero-order valence-electron chi connectivity index (χ0n) is 8.82. The quantitative estimate of drug-likeness (QED) is 0.780. The van der Waals surface area contributed by atoms with Gasteiger partial charge in [-0.3, -0.25) is 4.79 Å². The number of aliphatic carboxylic acids is 1. The summed E-state index contributed by atoms with van der Waals surface area (Å²) in [5.74, 6) is -10.8. The maximum atomic E-state index is 12.2. The zero-order valence-corrected chi connectivity index (χ0v) is 8.82. The highest BCUT2D eigenvalue weighted by Crippen LogP contribution is 2.41. The van der Waals surface area contributed by atoms with Crippen molar-refractivity contribution in [3.05, 3.63) is 0 Å². The highest BCUT2D eigenvalue weighted by atomic mass is 19.4. The first-order chi connectivity index (χ1) is 8.58. The fourth-order valence-electron chi connectivity index (χ4n) is 1.07. The van der Waals surface area contributed by atoms with Gasteiger partial charge in [0.15, 0.2) is 5.92 Å². The van der Waals surface area contributed by atoms with E-state index >= 15 is 0 Å². The van der Waals surface area contributed by atoms with Gasteiger partial charge in [0.25, 0.3) is 0 Å². The summed E-state index contributed by atoms with van der Waals surface area (Å²) in [4.78, 5) is 20.6. The molecule has 0 fully saturated rings. The minimum atomic E-state index is -6.22. The molecule has 13 heteroatoms. The van der Waals surface area contributed by atoms with Crippen molar-refractivity contribution < 1.29 is 54.2 Å². The van der Waals surface area contributed by atoms with Gasteiger partial charge in [-0.1, -0.05) is 0 Å². The number of nitrogens with one attached hydrogen (secondary N) is 1. The fraction of sp³-hybridized carbons (Fsp3) is 0.714. The van der Waals surface area contributed by atoms with Gasteiger partial charge < -0.3 is 10.4 Å². The second-order valence-corrected chi connectivity index (χ2v) is 3.35. The van der Waals surface area contributed by atoms with Crippen LogP contribution in [-0.2, 0) is 9.59 Å². The van der Waals surface area contributed by atoms with Crippen molar-refractivity contribution in [3.8, 4) is 0 Å². The van der Waals surface area contributed by atoms with E-state index in [-0.39, 0.29) is 5.32 Å². The smallest absolute Gasteiger partial charge is 0.471 e. The molecule has 0 aromatic carbocycles. The predicted molar refractivity (Wildman–Crippen MR) is 41.2 cm³/mol. The van der Waals surface area contributed by atoms with E-state index in [9.17, 15) is 49.1 Å². The molecule has 20 heavy (non-hydrogen) atoms. The van der Waals surface area contributed by atoms with Gasteiger partial charge in [-0.15, -0.1) is 0 Å². The predicted octanol–water partition coefficient (Wildman–Crippen LogP) is 1.86. The molecule has 2 N–H and O–H groups in total. The summed E-state index contributed by atoms with van der Waals surface area (Å²) >= 11 is 0. The van der Waals surface area contributed by atoms with Crippen molar-refractivity contribution in [1.82, 2.24) is 5.32 Å². The molecule has 0 aromatic heterocycles. The monoisotopic (exact) mass is 321 g/mol. The molecule has 0 saturated carbocycles. The average Bonchev–Trinajstić information content (AvgIpc) is 2.09. The van der Waals surface area contributed by atoms with E-state index in [1.54, 1.807) is 0 Å². The molecule has 118 valence electrons. The van der Waals surface area contributed by atoms with Gasteiger partial charge in [-0.25, -0.2) is 4.79 Å². The summed E-state index contributed by atoms with van der Waals surface area (Å²) in [5, 5.41) is 8.37. The number of hydrogen-bond acceptors (Lipinski definition) is 2. The Morgan fingerprint density at radius 2 is 1.20 bits per heavy atom. The standard InChI is InChI=1S/C7H4F9NO3/c8-5(9,10)2(6(11,12)13)1(3(18)19)17-4(20)7(14,15)16/h1-2H,(H,17,20)(H,18,19)/t1-/m1/s1. The number of carboxylic acids is 1. The van der Waals surface area contributed by atoms with Crippen LogP contribution in [0, 0.1) is 5.92 Å². The van der Waals surface area contributed by atoms with Crippen LogP contribution in [0.2, 0.25) is 0 Å². The van der Waals surface area contributed by atoms with Crippen LogP contribution < -0.4 is 5.32 Å². The van der Waals surface area contributed by atoms with Gasteiger partial charge in [0.05, 0.1) is 0 Å². The first-order valence-electron chi connectivity index (χ1n) is 4.32. The topological polar surface area (TPSA) is 66.4 Å². The number of amides is 1. The third-order valence-corrected chi connectivity index (χ3v) is 1.85. The van der Waals surface area contributed by atoms with E-state index < -0.39 is 42.4 Å². The summed E-state index contributed by atoms with van der Waals surface area (Å²) in [7, 11) is 0. The molecule has 0 radical (unpaired) electrons. The molecule has 0 rings (SSSR count). The Hall–Kier alpha value is -1.69. The Kier molecular flexibility index (Phi) is 4.91. The molecule has 0 spiro atoms. The molecule has 1 amide bonds. The molecule has 0 heterocycles. The van der Waals surface area contributed by atoms with Gasteiger partial charge in [-0.05, 0) is 0 Å². The Bertz CT molecular complexity index is 368. The molecule has 0 aliphatic carbocycles. The molecule has 0 aliphatic heterocycles. The van der Waals surface area contributed by atoms with E-state index in [0.717, 1.165) is 0 Å². The van der Waals surface area contributed by atoms with Gasteiger partial charge in [0, 0.05) is 0 Å². The van der Waals surface area contributed by atoms with Crippen molar-refractivity contribution >= 4 is 11.9 Å². The van der Waals surface area contributed by atoms with Gasteiger partial charge in [-0.2, -0.15) is 39.5 Å². The van der Waals surface area contributed by atoms with Crippen LogP contribution >= 0.6 is 0 Å². The normalized spacial score (nSPS) is 15.1. The molecular weight excluding hydrogens is 317 g/mol. The zero-order chi connectivity index (χ0) is 16.5. The van der Waals surface area contributed by atoms with E-state index in [4.69, 9.17) is 5.11 Å². The first kappa shape index (κ1) is 18.3. The number of carbonyl (C=O) groups excluding carboxylic acids is 1. The summed E-state index contributed by atoms with van der Waals surface area (Å²) in [6.07, 6.45) is -18.3. The maximum absolute atomic E-state index is 12.2. The number of rotatable bonds is 3. The van der Waals surface area contributed by atoms with Crippen molar-refractivity contribution in [1.29, 1.82) is 0 Å². The van der Waals surface area contributed by atoms with E-state index in [1.165, 1.54) is 0 Å². The number of alkyl halides is 9. The minimum absolute atomic E-state index is 0.166. The van der Waals surface area contributed by atoms with Crippen molar-refractivity contribution in [3.63, 3.8) is 0 Å². The molecular formula is C7H4F9NO3. The van der Waals surface area contributed by atoms with Crippen molar-refractivity contribution in [2.45, 2.75) is 24.6 Å². The van der Waals surface area contributed by atoms with E-state index in [2.05, 4.69) is 0 Å². The van der Waals surface area contributed by atoms with Crippen molar-refractivity contribution in [2.24, 2.45) is 5.92 Å². The van der Waals surface area contributed by atoms with Gasteiger partial charge >= 0.3 is 30.4 Å². The molecule has 4 nitrogen and oxygen atoms in total. The fourth-order valence-corrected chi connectivity index (χ4v) is 1.07. The highest BCUT2D eigenvalue weighted by molar-refractivity contribution is 5.87. The summed E-state index contributed by atoms with van der Waals surface area (Å²) in [5.41, 5.74) is 0. The Morgan fingerprint density at radius 3 is 1.40 bits per heavy atom. The number of carboxylic acid groups (broad SMARTS) is 1. The molecule has 0 aromatic rings. The Morgan fingerprint density at radius 1 is 0.850 bits per heavy atom. The molecule has 1 atom stereocenters. The molecule has 0 saturated heterocycles. The minimum Gasteiger partial charge on any atom is -0.480 e. The lowest BCUT2D eigenvalue weighted by molar-refractivity contribution is -0.291. The van der Waals surface area contributed by atoms with Crippen LogP contribution in [0.1, 0.15) is 0 Å². The Labute approximate surface area is 103 Å². The lowest BCUT2D eigenvalue weighted by atomic mass is 9.98. The SMILES string of the molecule is O=C(O)[C@H](NC(=O)C(F)(F)F)C(C(F)(F)F)C(F)(F)F. The lowest BCUT2D eigenvalue weighted by Crippen LogP contribution is -2.58.